The summed E-state index contributed by atoms with van der Waals surface area (Å²) in [7, 11) is 0. The van der Waals surface area contributed by atoms with Crippen LogP contribution in [0.15, 0.2) is 77.8 Å². The summed E-state index contributed by atoms with van der Waals surface area (Å²) in [5, 5.41) is 13.8. The Hall–Kier alpha value is -2.98. The Morgan fingerprint density at radius 1 is 1.04 bits per heavy atom. The van der Waals surface area contributed by atoms with Crippen LogP contribution in [0.25, 0.3) is 0 Å². The van der Waals surface area contributed by atoms with Crippen molar-refractivity contribution in [1.82, 2.24) is 5.32 Å². The van der Waals surface area contributed by atoms with Crippen LogP contribution >= 0.6 is 0 Å². The molecule has 3 nitrogen and oxygen atoms in total. The number of aliphatic imine (C=N–C) groups is 1. The van der Waals surface area contributed by atoms with Gasteiger partial charge in [0.05, 0.1) is 0 Å². The number of para-hydroxylation sites is 1. The number of aromatic hydroxyl groups is 1. The van der Waals surface area contributed by atoms with Crippen molar-refractivity contribution >= 4 is 5.71 Å². The third kappa shape index (κ3) is 3.82. The van der Waals surface area contributed by atoms with Gasteiger partial charge in [-0.05, 0) is 41.3 Å². The lowest BCUT2D eigenvalue weighted by Gasteiger charge is -2.31. The van der Waals surface area contributed by atoms with Gasteiger partial charge in [0.15, 0.2) is 0 Å². The molecule has 0 saturated carbocycles. The molecule has 0 fully saturated rings. The molecule has 142 valence electrons. The summed E-state index contributed by atoms with van der Waals surface area (Å²) in [6.45, 7) is 2.13. The number of phenolic OH excluding ortho intramolecular Hbond substituents is 1. The van der Waals surface area contributed by atoms with E-state index in [1.165, 1.54) is 17.7 Å². The summed E-state index contributed by atoms with van der Waals surface area (Å²) >= 11 is 0. The maximum Gasteiger partial charge on any atom is 0.126 e. The van der Waals surface area contributed by atoms with Crippen molar-refractivity contribution in [3.05, 3.63) is 101 Å². The van der Waals surface area contributed by atoms with Crippen molar-refractivity contribution in [2.24, 2.45) is 4.99 Å². The summed E-state index contributed by atoms with van der Waals surface area (Å²) in [6, 6.07) is 22.1. The molecule has 2 N–H and O–H groups in total. The van der Waals surface area contributed by atoms with Gasteiger partial charge in [-0.1, -0.05) is 61.5 Å². The molecule has 0 unspecified atom stereocenters. The highest BCUT2D eigenvalue weighted by Gasteiger charge is 2.27. The number of aryl methyl sites for hydroxylation is 1. The van der Waals surface area contributed by atoms with Crippen molar-refractivity contribution in [2.75, 3.05) is 0 Å². The van der Waals surface area contributed by atoms with E-state index in [0.717, 1.165) is 28.8 Å². The van der Waals surface area contributed by atoms with Gasteiger partial charge in [0, 0.05) is 23.7 Å². The second-order valence-electron chi connectivity index (χ2n) is 7.07. The highest BCUT2D eigenvalue weighted by molar-refractivity contribution is 6.01. The van der Waals surface area contributed by atoms with Gasteiger partial charge in [0.25, 0.3) is 0 Å². The Balaban J connectivity index is 1.74. The van der Waals surface area contributed by atoms with Crippen molar-refractivity contribution in [3.8, 4) is 5.75 Å². The number of nitrogens with zero attached hydrogens (tertiary/aromatic N) is 1. The number of nitrogens with one attached hydrogen (secondary N) is 1. The molecule has 0 amide bonds. The third-order valence-electron chi connectivity index (χ3n) is 5.21. The van der Waals surface area contributed by atoms with E-state index in [9.17, 15) is 9.50 Å². The van der Waals surface area contributed by atoms with Gasteiger partial charge in [-0.3, -0.25) is 10.3 Å². The van der Waals surface area contributed by atoms with Crippen LogP contribution in [0.5, 0.6) is 5.75 Å². The van der Waals surface area contributed by atoms with Crippen LogP contribution in [0.4, 0.5) is 4.39 Å². The molecule has 0 spiro atoms. The zero-order valence-electron chi connectivity index (χ0n) is 15.8. The number of hydrogen-bond acceptors (Lipinski definition) is 3. The SMILES string of the molecule is CCc1ccc(C2=N[C@H](c3cccc(F)c3)N[C@H](c3ccccc3O)C2)cc1. The lowest BCUT2D eigenvalue weighted by molar-refractivity contribution is 0.412. The molecule has 3 aromatic carbocycles. The van der Waals surface area contributed by atoms with E-state index in [2.05, 4.69) is 36.5 Å². The molecular weight excluding hydrogens is 351 g/mol. The summed E-state index contributed by atoms with van der Waals surface area (Å²) in [4.78, 5) is 4.88. The van der Waals surface area contributed by atoms with Crippen LogP contribution < -0.4 is 5.32 Å². The van der Waals surface area contributed by atoms with Crippen LogP contribution in [-0.2, 0) is 6.42 Å². The van der Waals surface area contributed by atoms with E-state index in [1.54, 1.807) is 12.1 Å². The van der Waals surface area contributed by atoms with Crippen molar-refractivity contribution in [1.29, 1.82) is 0 Å². The first-order valence-electron chi connectivity index (χ1n) is 9.59. The van der Waals surface area contributed by atoms with E-state index < -0.39 is 0 Å². The van der Waals surface area contributed by atoms with Crippen molar-refractivity contribution in [3.63, 3.8) is 0 Å². The standard InChI is InChI=1S/C24H23FN2O/c1-2-16-10-12-17(13-11-16)21-15-22(20-8-3-4-9-23(20)28)27-24(26-21)18-6-5-7-19(25)14-18/h3-14,22,24,27-28H,2,15H2,1H3/t22-,24-/m0/s1. The van der Waals surface area contributed by atoms with Crippen LogP contribution in [-0.4, -0.2) is 10.8 Å². The fourth-order valence-electron chi connectivity index (χ4n) is 3.64. The van der Waals surface area contributed by atoms with Gasteiger partial charge in [-0.2, -0.15) is 0 Å². The Morgan fingerprint density at radius 3 is 2.54 bits per heavy atom. The van der Waals surface area contributed by atoms with Crippen LogP contribution in [0, 0.1) is 5.82 Å². The smallest absolute Gasteiger partial charge is 0.126 e. The van der Waals surface area contributed by atoms with Crippen molar-refractivity contribution in [2.45, 2.75) is 32.0 Å². The van der Waals surface area contributed by atoms with E-state index in [1.807, 2.05) is 24.3 Å². The first-order valence-corrected chi connectivity index (χ1v) is 9.59. The Morgan fingerprint density at radius 2 is 1.82 bits per heavy atom. The Labute approximate surface area is 164 Å². The molecular formula is C24H23FN2O. The maximum atomic E-state index is 13.8. The zero-order chi connectivity index (χ0) is 19.5. The average Bonchev–Trinajstić information content (AvgIpc) is 2.74. The largest absolute Gasteiger partial charge is 0.508 e. The Bertz CT molecular complexity index is 997. The van der Waals surface area contributed by atoms with Gasteiger partial charge in [-0.25, -0.2) is 4.39 Å². The monoisotopic (exact) mass is 374 g/mol. The number of rotatable bonds is 4. The first kappa shape index (κ1) is 18.4. The molecule has 0 radical (unpaired) electrons. The highest BCUT2D eigenvalue weighted by Crippen LogP contribution is 2.34. The fraction of sp³-hybridized carbons (Fsp3) is 0.208. The zero-order valence-corrected chi connectivity index (χ0v) is 15.8. The predicted octanol–water partition coefficient (Wildman–Crippen LogP) is 5.32. The van der Waals surface area contributed by atoms with Crippen molar-refractivity contribution < 1.29 is 9.50 Å². The summed E-state index contributed by atoms with van der Waals surface area (Å²) in [5.74, 6) is -0.0337. The van der Waals surface area contributed by atoms with E-state index in [0.29, 0.717) is 6.42 Å². The molecule has 1 aliphatic rings. The number of halogens is 1. The molecule has 0 aromatic heterocycles. The summed E-state index contributed by atoms with van der Waals surface area (Å²) in [5.41, 5.74) is 4.87. The predicted molar refractivity (Wildman–Crippen MR) is 110 cm³/mol. The molecule has 0 bridgehead atoms. The van der Waals surface area contributed by atoms with Gasteiger partial charge in [-0.15, -0.1) is 0 Å². The second-order valence-corrected chi connectivity index (χ2v) is 7.07. The first-order chi connectivity index (χ1) is 13.6. The van der Waals surface area contributed by atoms with Gasteiger partial charge < -0.3 is 5.11 Å². The van der Waals surface area contributed by atoms with Gasteiger partial charge in [0.1, 0.15) is 17.7 Å². The summed E-state index contributed by atoms with van der Waals surface area (Å²) < 4.78 is 13.8. The van der Waals surface area contributed by atoms with Crippen LogP contribution in [0.3, 0.4) is 0 Å². The van der Waals surface area contributed by atoms with E-state index in [4.69, 9.17) is 4.99 Å². The minimum atomic E-state index is -0.380. The van der Waals surface area contributed by atoms with Gasteiger partial charge >= 0.3 is 0 Å². The molecule has 28 heavy (non-hydrogen) atoms. The molecule has 4 rings (SSSR count). The molecule has 2 atom stereocenters. The molecule has 0 saturated heterocycles. The minimum absolute atomic E-state index is 0.118. The lowest BCUT2D eigenvalue weighted by atomic mass is 9.93. The lowest BCUT2D eigenvalue weighted by Crippen LogP contribution is -2.33. The molecule has 0 aliphatic carbocycles. The fourth-order valence-corrected chi connectivity index (χ4v) is 3.64. The normalized spacial score (nSPS) is 19.3. The Kier molecular flexibility index (Phi) is 5.22. The van der Waals surface area contributed by atoms with Crippen LogP contribution in [0.2, 0.25) is 0 Å². The molecule has 1 heterocycles. The second kappa shape index (κ2) is 7.95. The highest BCUT2D eigenvalue weighted by atomic mass is 19.1. The quantitative estimate of drug-likeness (QED) is 0.649. The third-order valence-corrected chi connectivity index (χ3v) is 5.21. The summed E-state index contributed by atoms with van der Waals surface area (Å²) in [6.07, 6.45) is 1.25. The number of hydrogen-bond donors (Lipinski definition) is 2. The van der Waals surface area contributed by atoms with E-state index in [-0.39, 0.29) is 23.8 Å². The average molecular weight is 374 g/mol. The van der Waals surface area contributed by atoms with Crippen LogP contribution in [0.1, 0.15) is 47.8 Å². The van der Waals surface area contributed by atoms with E-state index >= 15 is 0 Å². The molecule has 4 heteroatoms. The van der Waals surface area contributed by atoms with Gasteiger partial charge in [0.2, 0.25) is 0 Å². The maximum absolute atomic E-state index is 13.8. The minimum Gasteiger partial charge on any atom is -0.508 e. The molecule has 3 aromatic rings. The molecule has 1 aliphatic heterocycles. The number of phenols is 1. The topological polar surface area (TPSA) is 44.6 Å². The number of benzene rings is 3.